The topological polar surface area (TPSA) is 160 Å². The average Bonchev–Trinajstić information content (AvgIpc) is 3.57. The quantitative estimate of drug-likeness (QED) is 0.0436. The SMILES string of the molecule is CCN(CCCCNC(=O)CCCCCN1\C(=C/C=C/C=C/C2[NH+](CC)c3ccc(S(=O)(=O)O)cc3C2(C)C)C(C)(C)c2ccccc21)c1ccc2c(=O)[nH][nH]c(=O)c2c1. The molecule has 2 atom stereocenters. The van der Waals surface area contributed by atoms with Gasteiger partial charge in [-0.15, -0.1) is 0 Å². The number of nitrogens with one attached hydrogen (secondary N) is 4. The van der Waals surface area contributed by atoms with E-state index >= 15 is 0 Å². The number of anilines is 2. The molecule has 3 heterocycles. The summed E-state index contributed by atoms with van der Waals surface area (Å²) in [4.78, 5) is 42.8. The molecule has 13 heteroatoms. The first kappa shape index (κ1) is 44.3. The number of allylic oxidation sites excluding steroid dienone is 5. The summed E-state index contributed by atoms with van der Waals surface area (Å²) in [6.45, 7) is 16.8. The molecule has 0 aliphatic carbocycles. The number of amides is 1. The van der Waals surface area contributed by atoms with E-state index in [1.165, 1.54) is 27.9 Å². The van der Waals surface area contributed by atoms with Crippen LogP contribution in [0.25, 0.3) is 10.8 Å². The molecular weight excluding hydrogens is 777 g/mol. The zero-order valence-corrected chi connectivity index (χ0v) is 36.6. The number of carbonyl (C=O) groups excluding carboxylic acids is 1. The molecule has 1 aromatic heterocycles. The van der Waals surface area contributed by atoms with Crippen LogP contribution >= 0.6 is 0 Å². The smallest absolute Gasteiger partial charge is 0.294 e. The van der Waals surface area contributed by atoms with Gasteiger partial charge in [0.2, 0.25) is 5.91 Å². The number of carbonyl (C=O) groups is 1. The number of aromatic amines is 2. The Labute approximate surface area is 353 Å². The summed E-state index contributed by atoms with van der Waals surface area (Å²) >= 11 is 0. The Balaban J connectivity index is 0.983. The van der Waals surface area contributed by atoms with Gasteiger partial charge in [0.05, 0.1) is 27.6 Å². The van der Waals surface area contributed by atoms with Gasteiger partial charge in [0.15, 0.2) is 0 Å². The number of para-hydroxylation sites is 1. The fourth-order valence-electron chi connectivity index (χ4n) is 9.11. The van der Waals surface area contributed by atoms with Gasteiger partial charge in [-0.25, -0.2) is 0 Å². The van der Waals surface area contributed by atoms with Gasteiger partial charge in [-0.2, -0.15) is 8.42 Å². The largest absolute Gasteiger partial charge is 0.372 e. The van der Waals surface area contributed by atoms with Crippen LogP contribution in [-0.4, -0.2) is 67.8 Å². The van der Waals surface area contributed by atoms with E-state index in [0.29, 0.717) is 23.7 Å². The normalized spacial score (nSPS) is 18.8. The minimum atomic E-state index is -4.29. The van der Waals surface area contributed by atoms with E-state index in [9.17, 15) is 27.4 Å². The predicted octanol–water partition coefficient (Wildman–Crippen LogP) is 6.44. The fraction of sp³-hybridized carbons (Fsp3) is 0.426. The molecule has 5 N–H and O–H groups in total. The number of quaternary nitrogens is 1. The van der Waals surface area contributed by atoms with Crippen LogP contribution in [0.2, 0.25) is 0 Å². The molecule has 2 aliphatic heterocycles. The monoisotopic (exact) mass is 837 g/mol. The third-order valence-electron chi connectivity index (χ3n) is 12.4. The van der Waals surface area contributed by atoms with Crippen LogP contribution in [0.15, 0.2) is 111 Å². The maximum absolute atomic E-state index is 12.7. The molecule has 0 saturated heterocycles. The highest BCUT2D eigenvalue weighted by molar-refractivity contribution is 7.85. The van der Waals surface area contributed by atoms with Crippen LogP contribution in [0.5, 0.6) is 0 Å². The molecule has 0 fully saturated rings. The Morgan fingerprint density at radius 1 is 0.883 bits per heavy atom. The molecule has 2 unspecified atom stereocenters. The number of hydrogen-bond donors (Lipinski definition) is 5. The molecule has 320 valence electrons. The predicted molar refractivity (Wildman–Crippen MR) is 241 cm³/mol. The summed E-state index contributed by atoms with van der Waals surface area (Å²) in [6.07, 6.45) is 15.6. The first-order valence-electron chi connectivity index (χ1n) is 21.3. The van der Waals surface area contributed by atoms with E-state index in [-0.39, 0.29) is 38.8 Å². The summed E-state index contributed by atoms with van der Waals surface area (Å²) in [7, 11) is -4.29. The molecule has 0 radical (unpaired) electrons. The molecule has 12 nitrogen and oxygen atoms in total. The van der Waals surface area contributed by atoms with Gasteiger partial charge < -0.3 is 15.1 Å². The van der Waals surface area contributed by atoms with Crippen molar-refractivity contribution in [3.63, 3.8) is 0 Å². The summed E-state index contributed by atoms with van der Waals surface area (Å²) in [5.41, 5.74) is 5.46. The number of H-pyrrole nitrogens is 2. The van der Waals surface area contributed by atoms with Crippen LogP contribution in [0.1, 0.15) is 91.2 Å². The van der Waals surface area contributed by atoms with Crippen molar-refractivity contribution in [3.8, 4) is 0 Å². The van der Waals surface area contributed by atoms with Crippen molar-refractivity contribution in [1.29, 1.82) is 0 Å². The van der Waals surface area contributed by atoms with E-state index in [1.807, 2.05) is 12.1 Å². The number of rotatable bonds is 18. The molecule has 0 saturated carbocycles. The van der Waals surface area contributed by atoms with Gasteiger partial charge >= 0.3 is 0 Å². The van der Waals surface area contributed by atoms with Crippen molar-refractivity contribution < 1.29 is 22.7 Å². The van der Waals surface area contributed by atoms with Gasteiger partial charge in [0.1, 0.15) is 11.7 Å². The molecule has 0 spiro atoms. The van der Waals surface area contributed by atoms with Crippen LogP contribution in [0.4, 0.5) is 17.1 Å². The van der Waals surface area contributed by atoms with Crippen LogP contribution < -0.4 is 31.1 Å². The minimum absolute atomic E-state index is 0.0724. The molecule has 2 aliphatic rings. The first-order valence-corrected chi connectivity index (χ1v) is 22.7. The Morgan fingerprint density at radius 3 is 2.37 bits per heavy atom. The van der Waals surface area contributed by atoms with Crippen molar-refractivity contribution in [2.45, 2.75) is 102 Å². The zero-order chi connectivity index (χ0) is 43.2. The number of benzene rings is 3. The molecular formula is C47H61N6O6S+. The van der Waals surface area contributed by atoms with E-state index in [1.54, 1.807) is 18.2 Å². The van der Waals surface area contributed by atoms with Crippen molar-refractivity contribution in [2.75, 3.05) is 42.5 Å². The molecule has 60 heavy (non-hydrogen) atoms. The lowest BCUT2D eigenvalue weighted by Crippen LogP contribution is -3.10. The molecule has 4 aromatic rings. The average molecular weight is 838 g/mol. The third kappa shape index (κ3) is 9.38. The van der Waals surface area contributed by atoms with Gasteiger partial charge in [-0.3, -0.25) is 34.0 Å². The second-order valence-electron chi connectivity index (χ2n) is 17.0. The highest BCUT2D eigenvalue weighted by Crippen LogP contribution is 2.47. The van der Waals surface area contributed by atoms with Gasteiger partial charge in [-0.05, 0) is 107 Å². The minimum Gasteiger partial charge on any atom is -0.372 e. The number of aromatic nitrogens is 2. The zero-order valence-electron chi connectivity index (χ0n) is 35.8. The highest BCUT2D eigenvalue weighted by Gasteiger charge is 2.47. The van der Waals surface area contributed by atoms with E-state index in [4.69, 9.17) is 0 Å². The second-order valence-corrected chi connectivity index (χ2v) is 18.4. The number of fused-ring (bicyclic) bond motifs is 3. The fourth-order valence-corrected chi connectivity index (χ4v) is 9.62. The van der Waals surface area contributed by atoms with Crippen LogP contribution in [-0.2, 0) is 25.7 Å². The Morgan fingerprint density at radius 2 is 1.63 bits per heavy atom. The Bertz CT molecular complexity index is 2520. The van der Waals surface area contributed by atoms with Crippen molar-refractivity contribution in [3.05, 3.63) is 129 Å². The summed E-state index contributed by atoms with van der Waals surface area (Å²) in [6, 6.07) is 18.9. The maximum atomic E-state index is 12.7. The summed E-state index contributed by atoms with van der Waals surface area (Å²) in [5, 5.41) is 8.58. The highest BCUT2D eigenvalue weighted by atomic mass is 32.2. The van der Waals surface area contributed by atoms with E-state index in [2.05, 4.69) is 122 Å². The molecule has 6 rings (SSSR count). The summed E-state index contributed by atoms with van der Waals surface area (Å²) in [5.74, 6) is 0.0733. The van der Waals surface area contributed by atoms with Gasteiger partial charge in [0.25, 0.3) is 21.2 Å². The standard InChI is InChI=1S/C47H60N6O6S/c1-7-51(33-24-26-35-36(31-33)45(56)50-49-44(35)55)29-18-16-28-48-43(54)23-13-10-17-30-53-39-20-15-14-19-37(39)46(3,4)42(53)22-12-9-11-21-41-47(5,6)38-32-34(60(57,58)59)25-27-40(38)52(41)8-2/h9,11-12,14-15,19-22,24-27,31-32,41H,7-8,10,13,16-18,23,28-30H2,1-6H3,(H,48,54)(H,49,55)(H,50,56)(H,57,58,59)/p+1/b12-9+,21-11+,42-22-. The Hall–Kier alpha value is -5.24. The maximum Gasteiger partial charge on any atom is 0.294 e. The lowest BCUT2D eigenvalue weighted by atomic mass is 9.80. The number of hydrogen-bond acceptors (Lipinski definition) is 7. The Kier molecular flexibility index (Phi) is 13.7. The molecule has 3 aromatic carbocycles. The van der Waals surface area contributed by atoms with E-state index < -0.39 is 10.1 Å². The number of nitrogens with zero attached hydrogens (tertiary/aromatic N) is 2. The van der Waals surface area contributed by atoms with Gasteiger partial charge in [0, 0.05) is 66.7 Å². The lowest BCUT2D eigenvalue weighted by molar-refractivity contribution is -0.848. The van der Waals surface area contributed by atoms with Gasteiger partial charge in [-0.1, -0.05) is 56.7 Å². The van der Waals surface area contributed by atoms with Crippen molar-refractivity contribution >= 4 is 43.9 Å². The molecule has 0 bridgehead atoms. The van der Waals surface area contributed by atoms with Crippen LogP contribution in [0, 0.1) is 0 Å². The van der Waals surface area contributed by atoms with Crippen LogP contribution in [0.3, 0.4) is 0 Å². The number of unbranched alkanes of at least 4 members (excludes halogenated alkanes) is 3. The third-order valence-corrected chi connectivity index (χ3v) is 13.3. The number of likely N-dealkylation sites (N-methyl/N-ethyl adjacent to an activating group) is 1. The van der Waals surface area contributed by atoms with Crippen molar-refractivity contribution in [2.24, 2.45) is 0 Å². The summed E-state index contributed by atoms with van der Waals surface area (Å²) < 4.78 is 33.5. The first-order chi connectivity index (χ1) is 28.6. The second kappa shape index (κ2) is 18.6. The van der Waals surface area contributed by atoms with E-state index in [0.717, 1.165) is 75.2 Å². The lowest BCUT2D eigenvalue weighted by Gasteiger charge is -2.27. The molecule has 1 amide bonds. The van der Waals surface area contributed by atoms with Crippen molar-refractivity contribution in [1.82, 2.24) is 15.5 Å².